The predicted octanol–water partition coefficient (Wildman–Crippen LogP) is 1.29. The zero-order valence-electron chi connectivity index (χ0n) is 15.7. The molecule has 0 atom stereocenters. The largest absolute Gasteiger partial charge is 0.465 e. The number of methoxy groups -OCH3 is 1. The maximum Gasteiger partial charge on any atom is 0.340 e. The van der Waals surface area contributed by atoms with Gasteiger partial charge in [-0.1, -0.05) is 6.07 Å². The van der Waals surface area contributed by atoms with Gasteiger partial charge in [-0.3, -0.25) is 4.79 Å². The van der Waals surface area contributed by atoms with Gasteiger partial charge in [0.25, 0.3) is 10.0 Å². The molecule has 11 heteroatoms. The van der Waals surface area contributed by atoms with Crippen LogP contribution in [0.2, 0.25) is 0 Å². The molecule has 0 saturated carbocycles. The van der Waals surface area contributed by atoms with Crippen LogP contribution in [0.5, 0.6) is 0 Å². The first-order chi connectivity index (χ1) is 13.9. The number of carbonyl (C=O) groups is 2. The Morgan fingerprint density at radius 3 is 2.66 bits per heavy atom. The van der Waals surface area contributed by atoms with E-state index in [9.17, 15) is 18.0 Å². The lowest BCUT2D eigenvalue weighted by Gasteiger charge is -2.29. The smallest absolute Gasteiger partial charge is 0.340 e. The zero-order chi connectivity index (χ0) is 20.9. The molecule has 1 aliphatic rings. The van der Waals surface area contributed by atoms with Gasteiger partial charge in [-0.25, -0.2) is 17.9 Å². The molecule has 1 amide bonds. The molecule has 0 radical (unpaired) electrons. The highest BCUT2D eigenvalue weighted by Gasteiger charge is 2.20. The number of nitrogens with zero attached hydrogens (tertiary/aromatic N) is 1. The number of nitrogens with one attached hydrogen (secondary N) is 2. The van der Waals surface area contributed by atoms with Crippen LogP contribution in [0.25, 0.3) is 0 Å². The number of hydrogen-bond acceptors (Lipinski definition) is 8. The Morgan fingerprint density at radius 1 is 1.24 bits per heavy atom. The number of ether oxygens (including phenoxy) is 2. The Morgan fingerprint density at radius 2 is 2.00 bits per heavy atom. The van der Waals surface area contributed by atoms with E-state index in [2.05, 4.69) is 14.9 Å². The average Bonchev–Trinajstić information content (AvgIpc) is 3.29. The van der Waals surface area contributed by atoms with Crippen LogP contribution in [0.1, 0.15) is 10.4 Å². The number of hydrogen-bond donors (Lipinski definition) is 2. The van der Waals surface area contributed by atoms with Gasteiger partial charge in [-0.05, 0) is 29.6 Å². The van der Waals surface area contributed by atoms with Gasteiger partial charge in [0.05, 0.1) is 38.1 Å². The van der Waals surface area contributed by atoms with Crippen LogP contribution in [-0.2, 0) is 24.3 Å². The van der Waals surface area contributed by atoms with Crippen molar-refractivity contribution in [1.82, 2.24) is 4.72 Å². The van der Waals surface area contributed by atoms with E-state index in [0.717, 1.165) is 17.0 Å². The molecule has 156 valence electrons. The number of thiophene rings is 1. The molecule has 1 saturated heterocycles. The topological polar surface area (TPSA) is 114 Å². The van der Waals surface area contributed by atoms with Gasteiger partial charge in [0, 0.05) is 18.8 Å². The Balaban J connectivity index is 1.71. The predicted molar refractivity (Wildman–Crippen MR) is 109 cm³/mol. The highest BCUT2D eigenvalue weighted by Crippen LogP contribution is 2.25. The summed E-state index contributed by atoms with van der Waals surface area (Å²) >= 11 is 1.05. The van der Waals surface area contributed by atoms with E-state index in [-0.39, 0.29) is 15.5 Å². The second-order valence-electron chi connectivity index (χ2n) is 6.13. The van der Waals surface area contributed by atoms with E-state index in [1.165, 1.54) is 13.2 Å². The fourth-order valence-corrected chi connectivity index (χ4v) is 4.80. The molecule has 1 aromatic heterocycles. The number of esters is 1. The molecule has 2 aromatic rings. The van der Waals surface area contributed by atoms with Crippen LogP contribution in [0.4, 0.5) is 11.4 Å². The minimum absolute atomic E-state index is 0.121. The summed E-state index contributed by atoms with van der Waals surface area (Å²) in [7, 11) is -2.50. The summed E-state index contributed by atoms with van der Waals surface area (Å²) in [5.41, 5.74) is 1.24. The number of amides is 1. The van der Waals surface area contributed by atoms with Gasteiger partial charge in [-0.2, -0.15) is 0 Å². The van der Waals surface area contributed by atoms with Crippen LogP contribution in [0, 0.1) is 0 Å². The molecule has 3 rings (SSSR count). The van der Waals surface area contributed by atoms with E-state index >= 15 is 0 Å². The Labute approximate surface area is 172 Å². The normalized spacial score (nSPS) is 14.4. The lowest BCUT2D eigenvalue weighted by atomic mass is 10.1. The fraction of sp³-hybridized carbons (Fsp3) is 0.333. The second-order valence-corrected chi connectivity index (χ2v) is 9.07. The lowest BCUT2D eigenvalue weighted by molar-refractivity contribution is -0.115. The molecular weight excluding hydrogens is 418 g/mol. The van der Waals surface area contributed by atoms with E-state index in [1.807, 2.05) is 0 Å². The summed E-state index contributed by atoms with van der Waals surface area (Å²) in [6.45, 7) is 2.10. The van der Waals surface area contributed by atoms with Crippen molar-refractivity contribution in [3.63, 3.8) is 0 Å². The number of rotatable bonds is 7. The summed E-state index contributed by atoms with van der Waals surface area (Å²) in [5, 5.41) is 4.20. The molecule has 2 N–H and O–H groups in total. The third-order valence-electron chi connectivity index (χ3n) is 4.24. The maximum atomic E-state index is 12.3. The molecule has 1 aromatic carbocycles. The molecule has 1 aliphatic heterocycles. The van der Waals surface area contributed by atoms with Crippen molar-refractivity contribution in [2.45, 2.75) is 4.21 Å². The van der Waals surface area contributed by atoms with Gasteiger partial charge < -0.3 is 19.7 Å². The van der Waals surface area contributed by atoms with Gasteiger partial charge >= 0.3 is 5.97 Å². The van der Waals surface area contributed by atoms with Crippen molar-refractivity contribution in [1.29, 1.82) is 0 Å². The number of morpholine rings is 1. The van der Waals surface area contributed by atoms with E-state index < -0.39 is 28.4 Å². The quantitative estimate of drug-likeness (QED) is 0.625. The number of sulfonamides is 1. The van der Waals surface area contributed by atoms with Crippen LogP contribution in [0.3, 0.4) is 0 Å². The van der Waals surface area contributed by atoms with Gasteiger partial charge in [0.2, 0.25) is 5.91 Å². The summed E-state index contributed by atoms with van der Waals surface area (Å²) in [6.07, 6.45) is 0. The molecule has 9 nitrogen and oxygen atoms in total. The summed E-state index contributed by atoms with van der Waals surface area (Å²) in [6, 6.07) is 8.08. The van der Waals surface area contributed by atoms with Crippen molar-refractivity contribution in [3.8, 4) is 0 Å². The summed E-state index contributed by atoms with van der Waals surface area (Å²) in [4.78, 5) is 26.5. The van der Waals surface area contributed by atoms with Crippen LogP contribution in [0.15, 0.2) is 39.9 Å². The third kappa shape index (κ3) is 5.32. The molecule has 0 unspecified atom stereocenters. The van der Waals surface area contributed by atoms with Crippen molar-refractivity contribution < 1.29 is 27.5 Å². The minimum Gasteiger partial charge on any atom is -0.465 e. The standard InChI is InChI=1S/C18H21N3O6S2/c1-26-18(23)14-11-13(21-6-8-27-9-7-21)4-5-15(14)20-16(22)12-19-29(24,25)17-3-2-10-28-17/h2-5,10-11,19H,6-9,12H2,1H3,(H,20,22). The van der Waals surface area contributed by atoms with Gasteiger partial charge in [0.1, 0.15) is 4.21 Å². The minimum atomic E-state index is -3.76. The third-order valence-corrected chi connectivity index (χ3v) is 7.04. The lowest BCUT2D eigenvalue weighted by Crippen LogP contribution is -2.36. The Kier molecular flexibility index (Phi) is 6.85. The number of carbonyl (C=O) groups excluding carboxylic acids is 2. The second kappa shape index (κ2) is 9.35. The monoisotopic (exact) mass is 439 g/mol. The summed E-state index contributed by atoms with van der Waals surface area (Å²) < 4.78 is 36.8. The van der Waals surface area contributed by atoms with E-state index in [0.29, 0.717) is 26.3 Å². The first-order valence-electron chi connectivity index (χ1n) is 8.79. The molecule has 1 fully saturated rings. The molecule has 2 heterocycles. The number of benzene rings is 1. The van der Waals surface area contributed by atoms with Crippen LogP contribution < -0.4 is 14.9 Å². The first-order valence-corrected chi connectivity index (χ1v) is 11.1. The van der Waals surface area contributed by atoms with Crippen LogP contribution in [-0.4, -0.2) is 60.3 Å². The van der Waals surface area contributed by atoms with Crippen molar-refractivity contribution >= 4 is 44.6 Å². The van der Waals surface area contributed by atoms with Gasteiger partial charge in [0.15, 0.2) is 0 Å². The fourth-order valence-electron chi connectivity index (χ4n) is 2.78. The number of anilines is 2. The highest BCUT2D eigenvalue weighted by atomic mass is 32.2. The van der Waals surface area contributed by atoms with Crippen LogP contribution >= 0.6 is 11.3 Å². The van der Waals surface area contributed by atoms with Crippen molar-refractivity contribution in [2.75, 3.05) is 50.2 Å². The highest BCUT2D eigenvalue weighted by molar-refractivity contribution is 7.91. The molecule has 0 bridgehead atoms. The van der Waals surface area contributed by atoms with E-state index in [4.69, 9.17) is 9.47 Å². The van der Waals surface area contributed by atoms with E-state index in [1.54, 1.807) is 29.6 Å². The SMILES string of the molecule is COC(=O)c1cc(N2CCOCC2)ccc1NC(=O)CNS(=O)(=O)c1cccs1. The van der Waals surface area contributed by atoms with Gasteiger partial charge in [-0.15, -0.1) is 11.3 Å². The molecule has 0 aliphatic carbocycles. The Hall–Kier alpha value is -2.47. The molecular formula is C18H21N3O6S2. The average molecular weight is 440 g/mol. The maximum absolute atomic E-state index is 12.3. The van der Waals surface area contributed by atoms with Crippen molar-refractivity contribution in [2.24, 2.45) is 0 Å². The zero-order valence-corrected chi connectivity index (χ0v) is 17.3. The summed E-state index contributed by atoms with van der Waals surface area (Å²) in [5.74, 6) is -1.20. The van der Waals surface area contributed by atoms with Crippen molar-refractivity contribution in [3.05, 3.63) is 41.3 Å². The molecule has 29 heavy (non-hydrogen) atoms. The Bertz CT molecular complexity index is 969. The first kappa shape index (κ1) is 21.2. The molecule has 0 spiro atoms.